The fraction of sp³-hybridized carbons (Fsp3) is 0.389. The average Bonchev–Trinajstić information content (AvgIpc) is 2.97. The lowest BCUT2D eigenvalue weighted by atomic mass is 10.1. The van der Waals surface area contributed by atoms with Crippen LogP contribution in [0.3, 0.4) is 0 Å². The molecule has 1 aliphatic heterocycles. The second-order valence-electron chi connectivity index (χ2n) is 6.28. The van der Waals surface area contributed by atoms with Gasteiger partial charge in [-0.1, -0.05) is 30.3 Å². The normalized spacial score (nSPS) is 18.9. The molecule has 6 heteroatoms. The highest BCUT2D eigenvalue weighted by molar-refractivity contribution is 5.98. The van der Waals surface area contributed by atoms with Gasteiger partial charge in [0.2, 0.25) is 0 Å². The van der Waals surface area contributed by atoms with Gasteiger partial charge in [0.05, 0.1) is 6.54 Å². The summed E-state index contributed by atoms with van der Waals surface area (Å²) < 4.78 is 37.2. The first-order valence-electron chi connectivity index (χ1n) is 7.97. The Balaban J connectivity index is 1.54. The quantitative estimate of drug-likeness (QED) is 0.927. The topological polar surface area (TPSA) is 32.3 Å². The third-order valence-electron chi connectivity index (χ3n) is 4.34. The van der Waals surface area contributed by atoms with E-state index < -0.39 is 12.7 Å². The molecule has 128 valence electrons. The van der Waals surface area contributed by atoms with Crippen molar-refractivity contribution in [1.82, 2.24) is 10.2 Å². The first kappa shape index (κ1) is 16.8. The zero-order valence-corrected chi connectivity index (χ0v) is 13.1. The van der Waals surface area contributed by atoms with Crippen LogP contribution in [0.5, 0.6) is 0 Å². The Morgan fingerprint density at radius 1 is 1.17 bits per heavy atom. The largest absolute Gasteiger partial charge is 0.401 e. The van der Waals surface area contributed by atoms with E-state index in [4.69, 9.17) is 0 Å². The second kappa shape index (κ2) is 6.81. The summed E-state index contributed by atoms with van der Waals surface area (Å²) in [6, 6.07) is 13.3. The van der Waals surface area contributed by atoms with Crippen LogP contribution in [0.4, 0.5) is 13.2 Å². The summed E-state index contributed by atoms with van der Waals surface area (Å²) in [4.78, 5) is 13.6. The third-order valence-corrected chi connectivity index (χ3v) is 4.34. The van der Waals surface area contributed by atoms with Crippen molar-refractivity contribution in [3.8, 4) is 0 Å². The van der Waals surface area contributed by atoms with Gasteiger partial charge in [0.25, 0.3) is 5.91 Å². The minimum Gasteiger partial charge on any atom is -0.352 e. The zero-order valence-electron chi connectivity index (χ0n) is 13.1. The van der Waals surface area contributed by atoms with Gasteiger partial charge in [-0.15, -0.1) is 0 Å². The molecule has 1 fully saturated rings. The number of carbonyl (C=O) groups excluding carboxylic acids is 1. The molecular formula is C18H19F3N2O. The molecule has 2 aromatic carbocycles. The minimum absolute atomic E-state index is 0.0664. The van der Waals surface area contributed by atoms with Gasteiger partial charge < -0.3 is 5.32 Å². The molecule has 1 atom stereocenters. The molecule has 1 amide bonds. The number of likely N-dealkylation sites (tertiary alicyclic amines) is 1. The Kier molecular flexibility index (Phi) is 4.76. The number of benzene rings is 2. The van der Waals surface area contributed by atoms with Crippen LogP contribution < -0.4 is 5.32 Å². The van der Waals surface area contributed by atoms with E-state index in [1.165, 1.54) is 4.90 Å². The van der Waals surface area contributed by atoms with Crippen molar-refractivity contribution >= 4 is 16.7 Å². The molecule has 24 heavy (non-hydrogen) atoms. The van der Waals surface area contributed by atoms with E-state index in [0.29, 0.717) is 31.6 Å². The van der Waals surface area contributed by atoms with Crippen molar-refractivity contribution in [2.75, 3.05) is 26.2 Å². The van der Waals surface area contributed by atoms with E-state index in [1.807, 2.05) is 36.4 Å². The zero-order chi connectivity index (χ0) is 17.2. The summed E-state index contributed by atoms with van der Waals surface area (Å²) in [5.41, 5.74) is 0.568. The Hall–Kier alpha value is -2.08. The van der Waals surface area contributed by atoms with Crippen molar-refractivity contribution in [2.24, 2.45) is 5.92 Å². The minimum atomic E-state index is -4.16. The molecule has 0 aliphatic carbocycles. The molecule has 1 N–H and O–H groups in total. The van der Waals surface area contributed by atoms with Crippen LogP contribution >= 0.6 is 0 Å². The van der Waals surface area contributed by atoms with Crippen molar-refractivity contribution in [1.29, 1.82) is 0 Å². The van der Waals surface area contributed by atoms with E-state index in [9.17, 15) is 18.0 Å². The lowest BCUT2D eigenvalue weighted by molar-refractivity contribution is -0.143. The smallest absolute Gasteiger partial charge is 0.352 e. The molecule has 0 aromatic heterocycles. The van der Waals surface area contributed by atoms with E-state index >= 15 is 0 Å². The van der Waals surface area contributed by atoms with Crippen molar-refractivity contribution in [2.45, 2.75) is 12.6 Å². The molecule has 1 aliphatic rings. The number of alkyl halides is 3. The molecule has 1 heterocycles. The van der Waals surface area contributed by atoms with Gasteiger partial charge >= 0.3 is 6.18 Å². The molecule has 3 rings (SSSR count). The lowest BCUT2D eigenvalue weighted by Gasteiger charge is -2.18. The van der Waals surface area contributed by atoms with Crippen LogP contribution in [-0.2, 0) is 0 Å². The molecule has 2 aromatic rings. The summed E-state index contributed by atoms with van der Waals surface area (Å²) >= 11 is 0. The highest BCUT2D eigenvalue weighted by atomic mass is 19.4. The summed E-state index contributed by atoms with van der Waals surface area (Å²) in [6.45, 7) is 0.329. The fourth-order valence-electron chi connectivity index (χ4n) is 3.15. The molecule has 1 unspecified atom stereocenters. The number of nitrogens with one attached hydrogen (secondary N) is 1. The summed E-state index contributed by atoms with van der Waals surface area (Å²) in [5.74, 6) is -0.119. The molecule has 3 nitrogen and oxygen atoms in total. The summed E-state index contributed by atoms with van der Waals surface area (Å²) in [7, 11) is 0. The number of nitrogens with zero attached hydrogens (tertiary/aromatic N) is 1. The highest BCUT2D eigenvalue weighted by Crippen LogP contribution is 2.22. The van der Waals surface area contributed by atoms with E-state index in [0.717, 1.165) is 10.8 Å². The predicted octanol–water partition coefficient (Wildman–Crippen LogP) is 3.45. The summed E-state index contributed by atoms with van der Waals surface area (Å²) in [6.07, 6.45) is -3.49. The highest BCUT2D eigenvalue weighted by Gasteiger charge is 2.34. The second-order valence-corrected chi connectivity index (χ2v) is 6.28. The number of fused-ring (bicyclic) bond motifs is 1. The maximum Gasteiger partial charge on any atom is 0.401 e. The number of hydrogen-bond acceptors (Lipinski definition) is 2. The van der Waals surface area contributed by atoms with Crippen molar-refractivity contribution < 1.29 is 18.0 Å². The van der Waals surface area contributed by atoms with Gasteiger partial charge in [-0.2, -0.15) is 13.2 Å². The number of halogens is 3. The number of carbonyl (C=O) groups is 1. The Morgan fingerprint density at radius 2 is 1.92 bits per heavy atom. The Bertz CT molecular complexity index is 730. The van der Waals surface area contributed by atoms with Crippen LogP contribution in [0, 0.1) is 5.92 Å². The van der Waals surface area contributed by atoms with Gasteiger partial charge in [-0.25, -0.2) is 0 Å². The van der Waals surface area contributed by atoms with Gasteiger partial charge in [0, 0.05) is 18.7 Å². The van der Waals surface area contributed by atoms with Gasteiger partial charge in [0.15, 0.2) is 0 Å². The first-order valence-corrected chi connectivity index (χ1v) is 7.97. The molecular weight excluding hydrogens is 317 g/mol. The molecule has 0 saturated carbocycles. The van der Waals surface area contributed by atoms with Crippen LogP contribution in [0.25, 0.3) is 10.8 Å². The first-order chi connectivity index (χ1) is 11.4. The lowest BCUT2D eigenvalue weighted by Crippen LogP contribution is -2.34. The molecule has 0 radical (unpaired) electrons. The Labute approximate surface area is 138 Å². The maximum absolute atomic E-state index is 12.4. The Morgan fingerprint density at radius 3 is 2.67 bits per heavy atom. The van der Waals surface area contributed by atoms with E-state index in [-0.39, 0.29) is 11.8 Å². The van der Waals surface area contributed by atoms with Crippen LogP contribution in [0.2, 0.25) is 0 Å². The molecule has 0 spiro atoms. The molecule has 0 bridgehead atoms. The number of hydrogen-bond donors (Lipinski definition) is 1. The van der Waals surface area contributed by atoms with Crippen molar-refractivity contribution in [3.63, 3.8) is 0 Å². The third kappa shape index (κ3) is 4.26. The molecule has 1 saturated heterocycles. The standard InChI is InChI=1S/C18H19F3N2O/c19-18(20,21)12-23-8-7-13(11-23)10-22-17(24)16-6-5-14-3-1-2-4-15(14)9-16/h1-6,9,13H,7-8,10-12H2,(H,22,24). The summed E-state index contributed by atoms with van der Waals surface area (Å²) in [5, 5.41) is 4.89. The van der Waals surface area contributed by atoms with Gasteiger partial charge in [-0.3, -0.25) is 9.69 Å². The average molecular weight is 336 g/mol. The maximum atomic E-state index is 12.4. The van der Waals surface area contributed by atoms with Crippen LogP contribution in [0.15, 0.2) is 42.5 Å². The van der Waals surface area contributed by atoms with Crippen molar-refractivity contribution in [3.05, 3.63) is 48.0 Å². The van der Waals surface area contributed by atoms with E-state index in [2.05, 4.69) is 5.32 Å². The van der Waals surface area contributed by atoms with E-state index in [1.54, 1.807) is 6.07 Å². The number of amides is 1. The monoisotopic (exact) mass is 336 g/mol. The number of rotatable bonds is 4. The SMILES string of the molecule is O=C(NCC1CCN(CC(F)(F)F)C1)c1ccc2ccccc2c1. The predicted molar refractivity (Wildman–Crippen MR) is 86.9 cm³/mol. The van der Waals surface area contributed by atoms with Crippen LogP contribution in [-0.4, -0.2) is 43.2 Å². The van der Waals surface area contributed by atoms with Gasteiger partial charge in [-0.05, 0) is 41.8 Å². The fourth-order valence-corrected chi connectivity index (χ4v) is 3.15. The van der Waals surface area contributed by atoms with Crippen LogP contribution in [0.1, 0.15) is 16.8 Å². The van der Waals surface area contributed by atoms with Gasteiger partial charge in [0.1, 0.15) is 0 Å².